The van der Waals surface area contributed by atoms with E-state index in [2.05, 4.69) is 5.10 Å². The lowest BCUT2D eigenvalue weighted by Crippen LogP contribution is -2.13. The average molecular weight is 231 g/mol. The largest absolute Gasteiger partial charge is 0.324 e. The molecule has 1 aromatic heterocycles. The van der Waals surface area contributed by atoms with Crippen LogP contribution in [0.25, 0.3) is 0 Å². The third-order valence-electron chi connectivity index (χ3n) is 2.61. The van der Waals surface area contributed by atoms with Crippen LogP contribution in [0.1, 0.15) is 43.8 Å². The monoisotopic (exact) mass is 231 g/mol. The first kappa shape index (κ1) is 13.1. The summed E-state index contributed by atoms with van der Waals surface area (Å²) in [5, 5.41) is 4.22. The highest BCUT2D eigenvalue weighted by molar-refractivity contribution is 5.29. The van der Waals surface area contributed by atoms with Gasteiger partial charge in [0.05, 0.1) is 5.69 Å². The zero-order valence-electron chi connectivity index (χ0n) is 10.0. The van der Waals surface area contributed by atoms with E-state index in [4.69, 9.17) is 5.73 Å². The second-order valence-corrected chi connectivity index (χ2v) is 3.88. The van der Waals surface area contributed by atoms with E-state index in [1.807, 2.05) is 20.8 Å². The normalized spacial score (nSPS) is 13.4. The van der Waals surface area contributed by atoms with Crippen LogP contribution < -0.4 is 5.73 Å². The second-order valence-electron chi connectivity index (χ2n) is 3.88. The Morgan fingerprint density at radius 1 is 1.31 bits per heavy atom. The van der Waals surface area contributed by atoms with Gasteiger partial charge >= 0.3 is 0 Å². The van der Waals surface area contributed by atoms with Crippen molar-refractivity contribution in [2.75, 3.05) is 0 Å². The number of halogens is 2. The van der Waals surface area contributed by atoms with Gasteiger partial charge in [0.25, 0.3) is 6.43 Å². The van der Waals surface area contributed by atoms with Crippen molar-refractivity contribution >= 4 is 0 Å². The Labute approximate surface area is 94.6 Å². The maximum Gasteiger partial charge on any atom is 0.257 e. The number of rotatable bonds is 5. The number of aryl methyl sites for hydroxylation is 1. The zero-order valence-corrected chi connectivity index (χ0v) is 10.0. The van der Waals surface area contributed by atoms with E-state index in [0.29, 0.717) is 6.42 Å². The van der Waals surface area contributed by atoms with Gasteiger partial charge < -0.3 is 5.73 Å². The van der Waals surface area contributed by atoms with Crippen molar-refractivity contribution in [1.29, 1.82) is 0 Å². The highest BCUT2D eigenvalue weighted by Gasteiger charge is 2.19. The van der Waals surface area contributed by atoms with Gasteiger partial charge in [-0.3, -0.25) is 4.68 Å². The van der Waals surface area contributed by atoms with Crippen molar-refractivity contribution in [2.45, 2.75) is 52.6 Å². The number of nitrogens with two attached hydrogens (primary N) is 1. The number of hydrogen-bond donors (Lipinski definition) is 1. The van der Waals surface area contributed by atoms with Gasteiger partial charge in [-0.05, 0) is 19.8 Å². The van der Waals surface area contributed by atoms with Crippen molar-refractivity contribution in [3.05, 3.63) is 17.0 Å². The first-order valence-corrected chi connectivity index (χ1v) is 5.63. The third kappa shape index (κ3) is 2.58. The molecule has 3 nitrogen and oxygen atoms in total. The van der Waals surface area contributed by atoms with E-state index >= 15 is 0 Å². The van der Waals surface area contributed by atoms with Gasteiger partial charge in [-0.25, -0.2) is 8.78 Å². The third-order valence-corrected chi connectivity index (χ3v) is 2.61. The van der Waals surface area contributed by atoms with Crippen molar-refractivity contribution in [3.63, 3.8) is 0 Å². The smallest absolute Gasteiger partial charge is 0.257 e. The first-order chi connectivity index (χ1) is 7.51. The molecule has 0 saturated carbocycles. The van der Waals surface area contributed by atoms with Crippen LogP contribution in [0.15, 0.2) is 0 Å². The molecular formula is C11H19F2N3. The molecule has 0 fully saturated rings. The standard InChI is InChI=1S/C11H19F2N3/c1-4-8-11(7(3)14)9(5-2)16(15-8)6-10(12)13/h7,10H,4-6,14H2,1-3H3. The molecule has 0 radical (unpaired) electrons. The number of alkyl halides is 2. The summed E-state index contributed by atoms with van der Waals surface area (Å²) in [5.74, 6) is 0. The molecule has 0 saturated heterocycles. The Balaban J connectivity index is 3.19. The fraction of sp³-hybridized carbons (Fsp3) is 0.727. The highest BCUT2D eigenvalue weighted by atomic mass is 19.3. The van der Waals surface area contributed by atoms with Crippen LogP contribution in [-0.2, 0) is 19.4 Å². The van der Waals surface area contributed by atoms with E-state index < -0.39 is 6.43 Å². The molecule has 1 atom stereocenters. The SMILES string of the molecule is CCc1nn(CC(F)F)c(CC)c1C(C)N. The molecule has 0 aliphatic heterocycles. The van der Waals surface area contributed by atoms with E-state index in [-0.39, 0.29) is 12.6 Å². The van der Waals surface area contributed by atoms with Gasteiger partial charge in [-0.1, -0.05) is 13.8 Å². The summed E-state index contributed by atoms with van der Waals surface area (Å²) in [6, 6.07) is -0.156. The van der Waals surface area contributed by atoms with Crippen molar-refractivity contribution in [2.24, 2.45) is 5.73 Å². The molecule has 5 heteroatoms. The summed E-state index contributed by atoms with van der Waals surface area (Å²) in [6.07, 6.45) is -0.979. The lowest BCUT2D eigenvalue weighted by atomic mass is 10.0. The van der Waals surface area contributed by atoms with Gasteiger partial charge in [0.15, 0.2) is 0 Å². The summed E-state index contributed by atoms with van der Waals surface area (Å²) in [5.41, 5.74) is 8.49. The van der Waals surface area contributed by atoms with Gasteiger partial charge in [0, 0.05) is 17.3 Å². The van der Waals surface area contributed by atoms with Crippen LogP contribution in [-0.4, -0.2) is 16.2 Å². The second kappa shape index (κ2) is 5.39. The summed E-state index contributed by atoms with van der Waals surface area (Å²) in [4.78, 5) is 0. The lowest BCUT2D eigenvalue weighted by Gasteiger charge is -2.09. The minimum absolute atomic E-state index is 0.156. The maximum atomic E-state index is 12.4. The maximum absolute atomic E-state index is 12.4. The van der Waals surface area contributed by atoms with E-state index in [1.165, 1.54) is 4.68 Å². The summed E-state index contributed by atoms with van der Waals surface area (Å²) in [7, 11) is 0. The molecule has 0 aromatic carbocycles. The Morgan fingerprint density at radius 2 is 1.94 bits per heavy atom. The minimum Gasteiger partial charge on any atom is -0.324 e. The minimum atomic E-state index is -2.38. The lowest BCUT2D eigenvalue weighted by molar-refractivity contribution is 0.120. The topological polar surface area (TPSA) is 43.8 Å². The summed E-state index contributed by atoms with van der Waals surface area (Å²) >= 11 is 0. The number of aromatic nitrogens is 2. The van der Waals surface area contributed by atoms with Crippen LogP contribution in [0.2, 0.25) is 0 Å². The van der Waals surface area contributed by atoms with Gasteiger partial charge in [-0.2, -0.15) is 5.10 Å². The molecule has 0 aliphatic carbocycles. The summed E-state index contributed by atoms with van der Waals surface area (Å²) in [6.45, 7) is 5.41. The Bertz CT molecular complexity index is 345. The molecule has 0 spiro atoms. The van der Waals surface area contributed by atoms with Crippen LogP contribution >= 0.6 is 0 Å². The Hall–Kier alpha value is -0.970. The van der Waals surface area contributed by atoms with Gasteiger partial charge in [0.2, 0.25) is 0 Å². The fourth-order valence-corrected chi connectivity index (χ4v) is 2.01. The van der Waals surface area contributed by atoms with Crippen molar-refractivity contribution in [3.8, 4) is 0 Å². The number of nitrogens with zero attached hydrogens (tertiary/aromatic N) is 2. The molecule has 0 aliphatic rings. The van der Waals surface area contributed by atoms with Crippen LogP contribution in [0, 0.1) is 0 Å². The molecular weight excluding hydrogens is 212 g/mol. The van der Waals surface area contributed by atoms with Crippen molar-refractivity contribution in [1.82, 2.24) is 9.78 Å². The average Bonchev–Trinajstić information content (AvgIpc) is 2.54. The molecule has 1 aromatic rings. The van der Waals surface area contributed by atoms with Crippen LogP contribution in [0.5, 0.6) is 0 Å². The fourth-order valence-electron chi connectivity index (χ4n) is 2.01. The van der Waals surface area contributed by atoms with E-state index in [0.717, 1.165) is 23.4 Å². The Morgan fingerprint density at radius 3 is 2.31 bits per heavy atom. The van der Waals surface area contributed by atoms with Crippen LogP contribution in [0.4, 0.5) is 8.78 Å². The van der Waals surface area contributed by atoms with Gasteiger partial charge in [0.1, 0.15) is 6.54 Å². The predicted molar refractivity (Wildman–Crippen MR) is 59.6 cm³/mol. The first-order valence-electron chi connectivity index (χ1n) is 5.63. The Kier molecular flexibility index (Phi) is 4.41. The quantitative estimate of drug-likeness (QED) is 0.845. The molecule has 92 valence electrons. The van der Waals surface area contributed by atoms with E-state index in [1.54, 1.807) is 0 Å². The molecule has 1 rings (SSSR count). The van der Waals surface area contributed by atoms with E-state index in [9.17, 15) is 8.78 Å². The number of hydrogen-bond acceptors (Lipinski definition) is 2. The molecule has 2 N–H and O–H groups in total. The van der Waals surface area contributed by atoms with Gasteiger partial charge in [-0.15, -0.1) is 0 Å². The highest BCUT2D eigenvalue weighted by Crippen LogP contribution is 2.22. The molecule has 0 bridgehead atoms. The molecule has 0 amide bonds. The molecule has 1 unspecified atom stereocenters. The predicted octanol–water partition coefficient (Wildman–Crippen LogP) is 2.29. The molecule has 1 heterocycles. The van der Waals surface area contributed by atoms with Crippen LogP contribution in [0.3, 0.4) is 0 Å². The summed E-state index contributed by atoms with van der Waals surface area (Å²) < 4.78 is 26.2. The molecule has 16 heavy (non-hydrogen) atoms. The zero-order chi connectivity index (χ0) is 12.3. The van der Waals surface area contributed by atoms with Crippen molar-refractivity contribution < 1.29 is 8.78 Å².